The molecule has 2 rings (SSSR count). The fraction of sp³-hybridized carbons (Fsp3) is 0.579. The molecule has 1 aliphatic heterocycles. The van der Waals surface area contributed by atoms with Crippen LogP contribution in [0.5, 0.6) is 11.5 Å². The first-order chi connectivity index (χ1) is 12.1. The Bertz CT molecular complexity index is 601. The lowest BCUT2D eigenvalue weighted by molar-refractivity contribution is -0.149. The fourth-order valence-electron chi connectivity index (χ4n) is 2.98. The second kappa shape index (κ2) is 9.30. The molecule has 1 amide bonds. The third-order valence-corrected chi connectivity index (χ3v) is 4.12. The van der Waals surface area contributed by atoms with Crippen molar-refractivity contribution in [3.05, 3.63) is 23.8 Å². The van der Waals surface area contributed by atoms with Crippen LogP contribution in [0.4, 0.5) is 0 Å². The number of nitrogens with zero attached hydrogens (tertiary/aromatic N) is 1. The van der Waals surface area contributed by atoms with Crippen molar-refractivity contribution in [1.82, 2.24) is 4.90 Å². The normalized spacial score (nSPS) is 17.1. The van der Waals surface area contributed by atoms with E-state index in [9.17, 15) is 9.59 Å². The van der Waals surface area contributed by atoms with Crippen LogP contribution < -0.4 is 9.47 Å². The number of amides is 1. The van der Waals surface area contributed by atoms with E-state index in [1.807, 2.05) is 13.8 Å². The van der Waals surface area contributed by atoms with Crippen LogP contribution in [-0.2, 0) is 9.53 Å². The lowest BCUT2D eigenvalue weighted by atomic mass is 9.97. The molecule has 1 aromatic carbocycles. The zero-order valence-electron chi connectivity index (χ0n) is 15.2. The van der Waals surface area contributed by atoms with E-state index in [2.05, 4.69) is 0 Å². The smallest absolute Gasteiger partial charge is 0.310 e. The summed E-state index contributed by atoms with van der Waals surface area (Å²) in [4.78, 5) is 26.5. The fourth-order valence-corrected chi connectivity index (χ4v) is 2.98. The molecule has 6 heteroatoms. The highest BCUT2D eigenvalue weighted by Gasteiger charge is 2.30. The maximum Gasteiger partial charge on any atom is 0.310 e. The van der Waals surface area contributed by atoms with Crippen LogP contribution in [0.15, 0.2) is 18.2 Å². The maximum absolute atomic E-state index is 12.8. The third-order valence-electron chi connectivity index (χ3n) is 4.12. The molecule has 0 aromatic heterocycles. The van der Waals surface area contributed by atoms with E-state index in [-0.39, 0.29) is 17.8 Å². The number of rotatable bonds is 7. The van der Waals surface area contributed by atoms with Gasteiger partial charge in [0.1, 0.15) is 0 Å². The van der Waals surface area contributed by atoms with Gasteiger partial charge in [0.05, 0.1) is 25.7 Å². The Morgan fingerprint density at radius 3 is 2.48 bits per heavy atom. The van der Waals surface area contributed by atoms with Crippen LogP contribution in [-0.4, -0.2) is 49.7 Å². The van der Waals surface area contributed by atoms with E-state index >= 15 is 0 Å². The number of benzene rings is 1. The average Bonchev–Trinajstić information content (AvgIpc) is 2.63. The lowest BCUT2D eigenvalue weighted by Crippen LogP contribution is -2.42. The number of piperidine rings is 1. The molecule has 1 heterocycles. The van der Waals surface area contributed by atoms with Gasteiger partial charge < -0.3 is 19.1 Å². The summed E-state index contributed by atoms with van der Waals surface area (Å²) in [6.07, 6.45) is 1.56. The molecule has 0 spiro atoms. The average molecular weight is 349 g/mol. The predicted molar refractivity (Wildman–Crippen MR) is 94.0 cm³/mol. The molecule has 0 N–H and O–H groups in total. The molecule has 1 aliphatic rings. The summed E-state index contributed by atoms with van der Waals surface area (Å²) in [7, 11) is 0. The van der Waals surface area contributed by atoms with Gasteiger partial charge in [0.15, 0.2) is 11.5 Å². The van der Waals surface area contributed by atoms with Gasteiger partial charge in [0, 0.05) is 18.7 Å². The third kappa shape index (κ3) is 4.87. The topological polar surface area (TPSA) is 65.1 Å². The minimum atomic E-state index is -0.244. The zero-order valence-corrected chi connectivity index (χ0v) is 15.2. The van der Waals surface area contributed by atoms with E-state index in [1.165, 1.54) is 0 Å². The van der Waals surface area contributed by atoms with Crippen LogP contribution in [0.1, 0.15) is 44.0 Å². The summed E-state index contributed by atoms with van der Waals surface area (Å²) in [6, 6.07) is 5.21. The summed E-state index contributed by atoms with van der Waals surface area (Å²) in [5, 5.41) is 0. The van der Waals surface area contributed by atoms with E-state index in [0.717, 1.165) is 12.8 Å². The van der Waals surface area contributed by atoms with Crippen molar-refractivity contribution in [3.8, 4) is 11.5 Å². The molecule has 0 bridgehead atoms. The largest absolute Gasteiger partial charge is 0.490 e. The molecule has 6 nitrogen and oxygen atoms in total. The summed E-state index contributed by atoms with van der Waals surface area (Å²) >= 11 is 0. The molecule has 1 fully saturated rings. The highest BCUT2D eigenvalue weighted by atomic mass is 16.5. The standard InChI is InChI=1S/C19H27NO5/c1-4-23-16-10-9-14(12-17(16)24-5-2)18(21)20-11-7-8-15(13-20)19(22)25-6-3/h9-10,12,15H,4-8,11,13H2,1-3H3. The monoisotopic (exact) mass is 349 g/mol. The van der Waals surface area contributed by atoms with Gasteiger partial charge >= 0.3 is 5.97 Å². The number of carbonyl (C=O) groups is 2. The van der Waals surface area contributed by atoms with Crippen LogP contribution in [0.2, 0.25) is 0 Å². The number of likely N-dealkylation sites (tertiary alicyclic amines) is 1. The lowest BCUT2D eigenvalue weighted by Gasteiger charge is -2.31. The first-order valence-corrected chi connectivity index (χ1v) is 8.96. The number of esters is 1. The van der Waals surface area contributed by atoms with Gasteiger partial charge in [0.2, 0.25) is 0 Å². The van der Waals surface area contributed by atoms with Gasteiger partial charge in [0.25, 0.3) is 5.91 Å². The SMILES string of the molecule is CCOC(=O)C1CCCN(C(=O)c2ccc(OCC)c(OCC)c2)C1. The molecule has 0 radical (unpaired) electrons. The van der Waals surface area contributed by atoms with Crippen LogP contribution in [0.3, 0.4) is 0 Å². The van der Waals surface area contributed by atoms with Gasteiger partial charge in [-0.15, -0.1) is 0 Å². The Balaban J connectivity index is 2.13. The number of hydrogen-bond donors (Lipinski definition) is 0. The summed E-state index contributed by atoms with van der Waals surface area (Å²) in [5.74, 6) is 0.629. The van der Waals surface area contributed by atoms with Crippen molar-refractivity contribution in [3.63, 3.8) is 0 Å². The van der Waals surface area contributed by atoms with Gasteiger partial charge in [-0.05, 0) is 51.8 Å². The van der Waals surface area contributed by atoms with Crippen molar-refractivity contribution < 1.29 is 23.8 Å². The summed E-state index contributed by atoms with van der Waals surface area (Å²) < 4.78 is 16.2. The van der Waals surface area contributed by atoms with Gasteiger partial charge in [-0.3, -0.25) is 9.59 Å². The molecule has 1 saturated heterocycles. The molecule has 1 unspecified atom stereocenters. The van der Waals surface area contributed by atoms with E-state index in [4.69, 9.17) is 14.2 Å². The van der Waals surface area contributed by atoms with E-state index < -0.39 is 0 Å². The molecule has 1 aromatic rings. The van der Waals surface area contributed by atoms with Gasteiger partial charge in [-0.1, -0.05) is 0 Å². The first-order valence-electron chi connectivity index (χ1n) is 8.96. The number of carbonyl (C=O) groups excluding carboxylic acids is 2. The zero-order chi connectivity index (χ0) is 18.2. The van der Waals surface area contributed by atoms with Crippen molar-refractivity contribution in [2.45, 2.75) is 33.6 Å². The molecular weight excluding hydrogens is 322 g/mol. The van der Waals surface area contributed by atoms with Crippen molar-refractivity contribution in [2.24, 2.45) is 5.92 Å². The van der Waals surface area contributed by atoms with Crippen molar-refractivity contribution in [2.75, 3.05) is 32.9 Å². The van der Waals surface area contributed by atoms with Gasteiger partial charge in [-0.25, -0.2) is 0 Å². The quantitative estimate of drug-likeness (QED) is 0.708. The number of ether oxygens (including phenoxy) is 3. The number of hydrogen-bond acceptors (Lipinski definition) is 5. The maximum atomic E-state index is 12.8. The minimum absolute atomic E-state index is 0.0991. The molecule has 0 saturated carbocycles. The highest BCUT2D eigenvalue weighted by Crippen LogP contribution is 2.29. The minimum Gasteiger partial charge on any atom is -0.490 e. The van der Waals surface area contributed by atoms with E-state index in [1.54, 1.807) is 30.0 Å². The van der Waals surface area contributed by atoms with Crippen LogP contribution in [0.25, 0.3) is 0 Å². The molecule has 25 heavy (non-hydrogen) atoms. The predicted octanol–water partition coefficient (Wildman–Crippen LogP) is 2.90. The Kier molecular flexibility index (Phi) is 7.10. The van der Waals surface area contributed by atoms with Crippen LogP contribution >= 0.6 is 0 Å². The Hall–Kier alpha value is -2.24. The second-order valence-corrected chi connectivity index (χ2v) is 5.87. The Morgan fingerprint density at radius 2 is 1.80 bits per heavy atom. The van der Waals surface area contributed by atoms with Gasteiger partial charge in [-0.2, -0.15) is 0 Å². The molecule has 138 valence electrons. The van der Waals surface area contributed by atoms with Crippen molar-refractivity contribution >= 4 is 11.9 Å². The van der Waals surface area contributed by atoms with Crippen molar-refractivity contribution in [1.29, 1.82) is 0 Å². The molecule has 0 aliphatic carbocycles. The Morgan fingerprint density at radius 1 is 1.08 bits per heavy atom. The molecular formula is C19H27NO5. The van der Waals surface area contributed by atoms with E-state index in [0.29, 0.717) is 50.0 Å². The molecule has 1 atom stereocenters. The highest BCUT2D eigenvalue weighted by molar-refractivity contribution is 5.95. The second-order valence-electron chi connectivity index (χ2n) is 5.87. The van der Waals surface area contributed by atoms with Crippen LogP contribution in [0, 0.1) is 5.92 Å². The first kappa shape index (κ1) is 19.1. The Labute approximate surface area is 149 Å². The summed E-state index contributed by atoms with van der Waals surface area (Å²) in [5.41, 5.74) is 0.538. The summed E-state index contributed by atoms with van der Waals surface area (Å²) in [6.45, 7) is 8.00.